The monoisotopic (exact) mass is 573 g/mol. The third kappa shape index (κ3) is 10.0. The molecule has 3 aromatic rings. The van der Waals surface area contributed by atoms with Gasteiger partial charge in [0.1, 0.15) is 5.82 Å². The summed E-state index contributed by atoms with van der Waals surface area (Å²) in [5.74, 6) is -0.410. The van der Waals surface area contributed by atoms with Crippen molar-refractivity contribution in [2.45, 2.75) is 44.6 Å². The lowest BCUT2D eigenvalue weighted by atomic mass is 10.1. The zero-order valence-corrected chi connectivity index (χ0v) is 24.8. The predicted molar refractivity (Wildman–Crippen MR) is 169 cm³/mol. The third-order valence-corrected chi connectivity index (χ3v) is 7.65. The highest BCUT2D eigenvalue weighted by Gasteiger charge is 2.29. The molecular formula is C34H40FN3O2S. The van der Waals surface area contributed by atoms with Crippen molar-refractivity contribution < 1.29 is 14.0 Å². The molecule has 1 fully saturated rings. The largest absolute Gasteiger partial charge is 0.359 e. The molecule has 1 saturated heterocycles. The number of hydrogen-bond acceptors (Lipinski definition) is 4. The van der Waals surface area contributed by atoms with Crippen LogP contribution in [0.2, 0.25) is 0 Å². The third-order valence-electron chi connectivity index (χ3n) is 6.57. The second-order valence-electron chi connectivity index (χ2n) is 9.85. The quantitative estimate of drug-likeness (QED) is 0.134. The number of carbonyl (C=O) groups excluding carboxylic acids is 2. The fourth-order valence-corrected chi connectivity index (χ4v) is 5.56. The Balaban J connectivity index is 0.000000275. The first-order chi connectivity index (χ1) is 20.0. The highest BCUT2D eigenvalue weighted by atomic mass is 32.2. The second kappa shape index (κ2) is 17.2. The van der Waals surface area contributed by atoms with Crippen molar-refractivity contribution in [2.75, 3.05) is 31.1 Å². The molecule has 41 heavy (non-hydrogen) atoms. The minimum absolute atomic E-state index is 0.109. The van der Waals surface area contributed by atoms with Crippen LogP contribution in [-0.4, -0.2) is 43.4 Å². The highest BCUT2D eigenvalue weighted by molar-refractivity contribution is 8.04. The van der Waals surface area contributed by atoms with Crippen molar-refractivity contribution in [3.8, 4) is 0 Å². The first kappa shape index (κ1) is 31.8. The molecule has 216 valence electrons. The maximum absolute atomic E-state index is 14.2. The first-order valence-corrected chi connectivity index (χ1v) is 14.9. The standard InChI is InChI=1S/C23H18FNOS.C8H16N2O.C3H6/c1-16-10-12-17(13-11-16)14-22-23(26)25(15-18-6-2-3-7-19(18)24)20-8-4-5-9-21(20)27-22;11-8-9-4-3-7-10-5-1-2-6-10;1-3-2/h2-14H,15H2,1H3;8H,1-7H2,(H,9,11);3H,1H2,2H3/b22-14-;;. The number of fused-ring (bicyclic) bond motifs is 1. The summed E-state index contributed by atoms with van der Waals surface area (Å²) in [5, 5.41) is 2.66. The lowest BCUT2D eigenvalue weighted by Crippen LogP contribution is -2.34. The Morgan fingerprint density at radius 2 is 1.66 bits per heavy atom. The molecule has 2 amide bonds. The summed E-state index contributed by atoms with van der Waals surface area (Å²) in [6.45, 7) is 11.9. The van der Waals surface area contributed by atoms with Gasteiger partial charge in [-0.1, -0.05) is 78.0 Å². The second-order valence-corrected chi connectivity index (χ2v) is 10.9. The van der Waals surface area contributed by atoms with Crippen LogP contribution < -0.4 is 10.2 Å². The summed E-state index contributed by atoms with van der Waals surface area (Å²) in [6.07, 6.45) is 8.20. The number of aryl methyl sites for hydroxylation is 1. The number of carbonyl (C=O) groups is 2. The molecule has 0 bridgehead atoms. The summed E-state index contributed by atoms with van der Waals surface area (Å²) < 4.78 is 14.2. The smallest absolute Gasteiger partial charge is 0.265 e. The van der Waals surface area contributed by atoms with Crippen molar-refractivity contribution in [3.05, 3.63) is 113 Å². The van der Waals surface area contributed by atoms with Gasteiger partial charge < -0.3 is 15.1 Å². The summed E-state index contributed by atoms with van der Waals surface area (Å²) in [7, 11) is 0. The van der Waals surface area contributed by atoms with Gasteiger partial charge in [0.15, 0.2) is 0 Å². The van der Waals surface area contributed by atoms with Gasteiger partial charge in [-0.15, -0.1) is 6.58 Å². The van der Waals surface area contributed by atoms with Crippen LogP contribution in [-0.2, 0) is 16.1 Å². The predicted octanol–water partition coefficient (Wildman–Crippen LogP) is 7.22. The molecule has 0 aliphatic carbocycles. The Morgan fingerprint density at radius 1 is 1.00 bits per heavy atom. The normalized spacial score (nSPS) is 15.2. The average Bonchev–Trinajstić information content (AvgIpc) is 3.50. The number of rotatable bonds is 8. The van der Waals surface area contributed by atoms with E-state index in [1.54, 1.807) is 29.2 Å². The minimum atomic E-state index is -0.301. The lowest BCUT2D eigenvalue weighted by Gasteiger charge is -2.30. The zero-order valence-electron chi connectivity index (χ0n) is 24.0. The number of nitrogens with one attached hydrogen (secondary N) is 1. The van der Waals surface area contributed by atoms with Crippen molar-refractivity contribution in [3.63, 3.8) is 0 Å². The van der Waals surface area contributed by atoms with Crippen LogP contribution in [0.5, 0.6) is 0 Å². The van der Waals surface area contributed by atoms with Crippen molar-refractivity contribution in [1.29, 1.82) is 0 Å². The van der Waals surface area contributed by atoms with E-state index in [0.29, 0.717) is 10.5 Å². The number of hydrogen-bond donors (Lipinski definition) is 1. The molecule has 0 radical (unpaired) electrons. The van der Waals surface area contributed by atoms with Crippen LogP contribution in [0.4, 0.5) is 10.1 Å². The van der Waals surface area contributed by atoms with E-state index in [-0.39, 0.29) is 18.3 Å². The molecule has 3 aromatic carbocycles. The number of allylic oxidation sites excluding steroid dienone is 1. The molecular weight excluding hydrogens is 533 g/mol. The minimum Gasteiger partial charge on any atom is -0.359 e. The summed E-state index contributed by atoms with van der Waals surface area (Å²) in [5.41, 5.74) is 3.46. The summed E-state index contributed by atoms with van der Waals surface area (Å²) >= 11 is 1.46. The lowest BCUT2D eigenvalue weighted by molar-refractivity contribution is -0.114. The van der Waals surface area contributed by atoms with Crippen LogP contribution in [0, 0.1) is 12.7 Å². The van der Waals surface area contributed by atoms with Gasteiger partial charge in [-0.05, 0) is 82.6 Å². The Kier molecular flexibility index (Phi) is 13.4. The van der Waals surface area contributed by atoms with Gasteiger partial charge in [0.05, 0.1) is 17.1 Å². The molecule has 1 N–H and O–H groups in total. The number of nitrogens with zero attached hydrogens (tertiary/aromatic N) is 2. The number of likely N-dealkylation sites (tertiary alicyclic amines) is 1. The number of thioether (sulfide) groups is 1. The highest BCUT2D eigenvalue weighted by Crippen LogP contribution is 2.42. The van der Waals surface area contributed by atoms with Gasteiger partial charge in [0.2, 0.25) is 6.41 Å². The Labute approximate surface area is 248 Å². The maximum atomic E-state index is 14.2. The van der Waals surface area contributed by atoms with E-state index >= 15 is 0 Å². The van der Waals surface area contributed by atoms with Gasteiger partial charge >= 0.3 is 0 Å². The van der Waals surface area contributed by atoms with E-state index in [9.17, 15) is 14.0 Å². The van der Waals surface area contributed by atoms with Gasteiger partial charge in [-0.2, -0.15) is 0 Å². The number of halogens is 1. The molecule has 0 saturated carbocycles. The number of para-hydroxylation sites is 1. The van der Waals surface area contributed by atoms with E-state index in [1.807, 2.05) is 68.5 Å². The fourth-order valence-electron chi connectivity index (χ4n) is 4.50. The Morgan fingerprint density at radius 3 is 2.34 bits per heavy atom. The molecule has 7 heteroatoms. The first-order valence-electron chi connectivity index (χ1n) is 14.0. The molecule has 0 unspecified atom stereocenters. The molecule has 0 spiro atoms. The molecule has 0 atom stereocenters. The summed E-state index contributed by atoms with van der Waals surface area (Å²) in [6, 6.07) is 22.4. The molecule has 0 aromatic heterocycles. The van der Waals surface area contributed by atoms with E-state index < -0.39 is 0 Å². The van der Waals surface area contributed by atoms with Crippen LogP contribution in [0.15, 0.2) is 95.3 Å². The van der Waals surface area contributed by atoms with Gasteiger partial charge in [0.25, 0.3) is 5.91 Å². The molecule has 5 nitrogen and oxygen atoms in total. The van der Waals surface area contributed by atoms with Gasteiger partial charge in [0, 0.05) is 17.0 Å². The fraction of sp³-hybridized carbons (Fsp3) is 0.294. The number of benzene rings is 3. The maximum Gasteiger partial charge on any atom is 0.265 e. The molecule has 2 heterocycles. The van der Waals surface area contributed by atoms with E-state index in [2.05, 4.69) is 16.8 Å². The average molecular weight is 574 g/mol. The number of anilines is 1. The Bertz CT molecular complexity index is 1300. The van der Waals surface area contributed by atoms with Crippen molar-refractivity contribution in [2.24, 2.45) is 0 Å². The Hall–Kier alpha value is -3.68. The molecule has 5 rings (SSSR count). The van der Waals surface area contributed by atoms with E-state index in [1.165, 1.54) is 49.3 Å². The SMILES string of the molecule is C=CC.Cc1ccc(/C=C2\Sc3ccccc3N(Cc3ccccc3F)C2=O)cc1.O=CNCCCN1CCCC1. The topological polar surface area (TPSA) is 52.7 Å². The van der Waals surface area contributed by atoms with Gasteiger partial charge in [-0.3, -0.25) is 9.59 Å². The number of amides is 2. The van der Waals surface area contributed by atoms with Crippen molar-refractivity contribution >= 4 is 35.8 Å². The van der Waals surface area contributed by atoms with Crippen LogP contribution in [0.25, 0.3) is 6.08 Å². The van der Waals surface area contributed by atoms with E-state index in [0.717, 1.165) is 42.1 Å². The molecule has 2 aliphatic rings. The van der Waals surface area contributed by atoms with E-state index in [4.69, 9.17) is 0 Å². The molecule has 2 aliphatic heterocycles. The summed E-state index contributed by atoms with van der Waals surface area (Å²) in [4.78, 5) is 28.8. The van der Waals surface area contributed by atoms with Crippen LogP contribution in [0.3, 0.4) is 0 Å². The van der Waals surface area contributed by atoms with Crippen molar-refractivity contribution in [1.82, 2.24) is 10.2 Å². The van der Waals surface area contributed by atoms with Gasteiger partial charge in [-0.25, -0.2) is 4.39 Å². The van der Waals surface area contributed by atoms with Crippen LogP contribution in [0.1, 0.15) is 42.9 Å². The zero-order chi connectivity index (χ0) is 29.5. The van der Waals surface area contributed by atoms with Crippen LogP contribution >= 0.6 is 11.8 Å².